The van der Waals surface area contributed by atoms with Crippen LogP contribution < -0.4 is 10.6 Å². The van der Waals surface area contributed by atoms with Crippen LogP contribution in [0.4, 0.5) is 4.79 Å². The summed E-state index contributed by atoms with van der Waals surface area (Å²) in [4.78, 5) is 36.5. The summed E-state index contributed by atoms with van der Waals surface area (Å²) in [7, 11) is 0. The predicted octanol–water partition coefficient (Wildman–Crippen LogP) is 2.91. The number of ether oxygens (including phenoxy) is 2. The minimum Gasteiger partial charge on any atom is -0.480 e. The Balaban J connectivity index is 1.30. The van der Waals surface area contributed by atoms with Crippen LogP contribution in [0.15, 0.2) is 48.5 Å². The number of rotatable bonds is 8. The highest BCUT2D eigenvalue weighted by Gasteiger charge is 2.36. The van der Waals surface area contributed by atoms with Gasteiger partial charge in [-0.25, -0.2) is 9.59 Å². The Morgan fingerprint density at radius 3 is 2.40 bits per heavy atom. The molecule has 182 valence electrons. The Hall–Kier alpha value is -3.83. The van der Waals surface area contributed by atoms with Gasteiger partial charge in [-0.1, -0.05) is 48.5 Å². The number of carbonyl (C=O) groups excluding carboxylic acids is 2. The van der Waals surface area contributed by atoms with Gasteiger partial charge < -0.3 is 25.2 Å². The largest absolute Gasteiger partial charge is 0.480 e. The minimum atomic E-state index is -1.16. The number of carbonyl (C=O) groups is 3. The van der Waals surface area contributed by atoms with Crippen molar-refractivity contribution < 1.29 is 29.0 Å². The third kappa shape index (κ3) is 5.47. The molecule has 2 aromatic carbocycles. The maximum atomic E-state index is 12.6. The zero-order valence-corrected chi connectivity index (χ0v) is 19.5. The molecular weight excluding hydrogens is 448 g/mol. The number of benzene rings is 2. The topological polar surface area (TPSA) is 114 Å². The molecule has 0 radical (unpaired) electrons. The maximum Gasteiger partial charge on any atom is 0.407 e. The summed E-state index contributed by atoms with van der Waals surface area (Å²) in [5.41, 5.74) is 4.56. The highest BCUT2D eigenvalue weighted by Crippen LogP contribution is 2.44. The number of carboxylic acids is 1. The van der Waals surface area contributed by atoms with Crippen LogP contribution in [0.2, 0.25) is 0 Å². The van der Waals surface area contributed by atoms with Crippen LogP contribution in [0, 0.1) is 17.8 Å². The molecule has 3 unspecified atom stereocenters. The fourth-order valence-corrected chi connectivity index (χ4v) is 4.65. The fraction of sp³-hybridized carbons (Fsp3) is 0.370. The number of hydrogen-bond donors (Lipinski definition) is 3. The second-order valence-electron chi connectivity index (χ2n) is 8.58. The molecule has 1 fully saturated rings. The zero-order valence-electron chi connectivity index (χ0n) is 19.5. The van der Waals surface area contributed by atoms with Crippen molar-refractivity contribution in [1.82, 2.24) is 10.6 Å². The van der Waals surface area contributed by atoms with E-state index in [-0.39, 0.29) is 31.4 Å². The second-order valence-corrected chi connectivity index (χ2v) is 8.58. The van der Waals surface area contributed by atoms with E-state index >= 15 is 0 Å². The average Bonchev–Trinajstić information content (AvgIpc) is 3.46. The lowest BCUT2D eigenvalue weighted by Gasteiger charge is -2.21. The van der Waals surface area contributed by atoms with Gasteiger partial charge in [-0.2, -0.15) is 0 Å². The molecule has 1 aliphatic carbocycles. The van der Waals surface area contributed by atoms with Gasteiger partial charge in [0.1, 0.15) is 18.8 Å². The summed E-state index contributed by atoms with van der Waals surface area (Å²) in [5, 5.41) is 14.5. The summed E-state index contributed by atoms with van der Waals surface area (Å²) >= 11 is 0. The van der Waals surface area contributed by atoms with Crippen LogP contribution in [0.1, 0.15) is 36.8 Å². The van der Waals surface area contributed by atoms with Crippen LogP contribution in [0.25, 0.3) is 11.1 Å². The fourth-order valence-electron chi connectivity index (χ4n) is 4.65. The molecule has 0 aromatic heterocycles. The molecule has 35 heavy (non-hydrogen) atoms. The maximum absolute atomic E-state index is 12.6. The Labute approximate surface area is 204 Å². The molecule has 4 rings (SSSR count). The van der Waals surface area contributed by atoms with Crippen molar-refractivity contribution in [3.63, 3.8) is 0 Å². The third-order valence-corrected chi connectivity index (χ3v) is 6.42. The van der Waals surface area contributed by atoms with Crippen molar-refractivity contribution in [3.8, 4) is 23.0 Å². The molecule has 0 bridgehead atoms. The summed E-state index contributed by atoms with van der Waals surface area (Å²) in [6.07, 6.45) is -0.846. The molecule has 1 aliphatic heterocycles. The number of hydrogen-bond acceptors (Lipinski definition) is 5. The first kappa shape index (κ1) is 24.3. The standard InChI is InChI=1S/C27H28N2O6/c1-2-3-12-23(26(31)32)29-25(30)24-17(13-14-34-24)15-28-27(33)35-16-22-20-10-6-4-8-18(20)19-9-5-7-11-21(19)22/h4-11,17,22-24H,12-16H2,1H3,(H,28,33)(H,29,30)(H,31,32). The summed E-state index contributed by atoms with van der Waals surface area (Å²) < 4.78 is 11.1. The van der Waals surface area contributed by atoms with Gasteiger partial charge >= 0.3 is 12.1 Å². The number of amides is 2. The first-order valence-electron chi connectivity index (χ1n) is 11.6. The lowest BCUT2D eigenvalue weighted by atomic mass is 9.98. The van der Waals surface area contributed by atoms with E-state index in [1.54, 1.807) is 6.92 Å². The molecule has 1 saturated heterocycles. The first-order chi connectivity index (χ1) is 17.0. The SMILES string of the molecule is CC#CCC(NC(=O)C1OCCC1CNC(=O)OCC1c2ccccc2-c2ccccc21)C(=O)O. The van der Waals surface area contributed by atoms with Crippen LogP contribution in [0.3, 0.4) is 0 Å². The van der Waals surface area contributed by atoms with E-state index < -0.39 is 30.1 Å². The van der Waals surface area contributed by atoms with Gasteiger partial charge in [0.25, 0.3) is 0 Å². The quantitative estimate of drug-likeness (QED) is 0.505. The van der Waals surface area contributed by atoms with Crippen molar-refractivity contribution in [2.45, 2.75) is 37.8 Å². The van der Waals surface area contributed by atoms with E-state index in [4.69, 9.17) is 9.47 Å². The Bertz CT molecular complexity index is 1120. The highest BCUT2D eigenvalue weighted by atomic mass is 16.5. The summed E-state index contributed by atoms with van der Waals surface area (Å²) in [6, 6.07) is 15.1. The smallest absolute Gasteiger partial charge is 0.407 e. The van der Waals surface area contributed by atoms with Gasteiger partial charge in [0.05, 0.1) is 0 Å². The summed E-state index contributed by atoms with van der Waals surface area (Å²) in [5.74, 6) is 3.28. The average molecular weight is 477 g/mol. The summed E-state index contributed by atoms with van der Waals surface area (Å²) in [6.45, 7) is 2.33. The normalized spacial score (nSPS) is 19.0. The van der Waals surface area contributed by atoms with Gasteiger partial charge in [-0.3, -0.25) is 4.79 Å². The molecule has 1 heterocycles. The van der Waals surface area contributed by atoms with E-state index in [0.29, 0.717) is 13.0 Å². The molecule has 2 amide bonds. The van der Waals surface area contributed by atoms with E-state index in [0.717, 1.165) is 22.3 Å². The zero-order chi connectivity index (χ0) is 24.8. The van der Waals surface area contributed by atoms with Gasteiger partial charge in [0, 0.05) is 31.4 Å². The molecule has 2 aromatic rings. The molecule has 8 nitrogen and oxygen atoms in total. The Morgan fingerprint density at radius 1 is 1.11 bits per heavy atom. The third-order valence-electron chi connectivity index (χ3n) is 6.42. The van der Waals surface area contributed by atoms with Crippen LogP contribution in [0.5, 0.6) is 0 Å². The van der Waals surface area contributed by atoms with E-state index in [1.807, 2.05) is 24.3 Å². The number of alkyl carbamates (subject to hydrolysis) is 1. The number of aliphatic carboxylic acids is 1. The Kier molecular flexibility index (Phi) is 7.68. The van der Waals surface area contributed by atoms with Gasteiger partial charge in [-0.05, 0) is 35.6 Å². The molecule has 8 heteroatoms. The van der Waals surface area contributed by atoms with Gasteiger partial charge in [0.2, 0.25) is 5.91 Å². The highest BCUT2D eigenvalue weighted by molar-refractivity contribution is 5.87. The van der Waals surface area contributed by atoms with Crippen molar-refractivity contribution in [3.05, 3.63) is 59.7 Å². The lowest BCUT2D eigenvalue weighted by molar-refractivity contribution is -0.143. The lowest BCUT2D eigenvalue weighted by Crippen LogP contribution is -2.48. The Morgan fingerprint density at radius 2 is 1.77 bits per heavy atom. The molecule has 2 aliphatic rings. The molecule has 0 saturated carbocycles. The number of carboxylic acid groups (broad SMARTS) is 1. The first-order valence-corrected chi connectivity index (χ1v) is 11.6. The van der Waals surface area contributed by atoms with E-state index in [1.165, 1.54) is 0 Å². The number of fused-ring (bicyclic) bond motifs is 3. The van der Waals surface area contributed by atoms with Crippen molar-refractivity contribution in [2.24, 2.45) is 5.92 Å². The van der Waals surface area contributed by atoms with Crippen LogP contribution in [-0.2, 0) is 19.1 Å². The minimum absolute atomic E-state index is 0.00690. The van der Waals surface area contributed by atoms with Crippen molar-refractivity contribution in [2.75, 3.05) is 19.8 Å². The van der Waals surface area contributed by atoms with Gasteiger partial charge in [-0.15, -0.1) is 11.8 Å². The second kappa shape index (κ2) is 11.1. The van der Waals surface area contributed by atoms with E-state index in [9.17, 15) is 19.5 Å². The predicted molar refractivity (Wildman–Crippen MR) is 129 cm³/mol. The van der Waals surface area contributed by atoms with Crippen molar-refractivity contribution >= 4 is 18.0 Å². The van der Waals surface area contributed by atoms with Crippen LogP contribution >= 0.6 is 0 Å². The van der Waals surface area contributed by atoms with Crippen LogP contribution in [-0.4, -0.2) is 55.0 Å². The molecule has 3 atom stereocenters. The molecular formula is C27H28N2O6. The van der Waals surface area contributed by atoms with E-state index in [2.05, 4.69) is 46.7 Å². The van der Waals surface area contributed by atoms with Gasteiger partial charge in [0.15, 0.2) is 0 Å². The molecule has 3 N–H and O–H groups in total. The monoisotopic (exact) mass is 476 g/mol. The number of nitrogens with one attached hydrogen (secondary N) is 2. The van der Waals surface area contributed by atoms with Crippen molar-refractivity contribution in [1.29, 1.82) is 0 Å². The molecule has 0 spiro atoms.